The minimum Gasteiger partial charge on any atom is -0.567 e. The highest BCUT2D eigenvalue weighted by Crippen LogP contribution is 2.30. The number of aromatic nitrogens is 4. The Labute approximate surface area is 212 Å². The third kappa shape index (κ3) is 4.36. The number of imidazole rings is 1. The molecule has 11 heteroatoms. The lowest BCUT2D eigenvalue weighted by Gasteiger charge is -2.19. The van der Waals surface area contributed by atoms with Crippen LogP contribution in [0.3, 0.4) is 0 Å². The molecule has 2 heterocycles. The molecule has 2 N–H and O–H groups in total. The van der Waals surface area contributed by atoms with Crippen LogP contribution in [0.1, 0.15) is 11.5 Å². The Morgan fingerprint density at radius 1 is 1.06 bits per heavy atom. The van der Waals surface area contributed by atoms with Gasteiger partial charge in [0.2, 0.25) is 0 Å². The molecule has 5 rings (SSSR count). The van der Waals surface area contributed by atoms with Gasteiger partial charge in [0, 0.05) is 18.8 Å². The Morgan fingerprint density at radius 3 is 2.53 bits per heavy atom. The van der Waals surface area contributed by atoms with Crippen molar-refractivity contribution in [2.45, 2.75) is 18.4 Å². The molecule has 0 bridgehead atoms. The molecule has 5 aromatic rings. The lowest BCUT2D eigenvalue weighted by molar-refractivity contribution is -0.362. The molecule has 36 heavy (non-hydrogen) atoms. The molecule has 0 amide bonds. The van der Waals surface area contributed by atoms with Crippen molar-refractivity contribution in [3.63, 3.8) is 0 Å². The monoisotopic (exact) mass is 523 g/mol. The molecule has 0 fully saturated rings. The van der Waals surface area contributed by atoms with E-state index in [0.29, 0.717) is 39.0 Å². The third-order valence-electron chi connectivity index (χ3n) is 5.80. The van der Waals surface area contributed by atoms with Gasteiger partial charge < -0.3 is 9.46 Å². The van der Waals surface area contributed by atoms with Crippen LogP contribution < -0.4 is 15.3 Å². The van der Waals surface area contributed by atoms with Crippen molar-refractivity contribution in [1.29, 1.82) is 0 Å². The predicted octanol–water partition coefficient (Wildman–Crippen LogP) is 4.41. The minimum absolute atomic E-state index is 0.0438. The number of halogens is 1. The van der Waals surface area contributed by atoms with E-state index in [1.807, 2.05) is 18.2 Å². The van der Waals surface area contributed by atoms with E-state index in [1.54, 1.807) is 61.1 Å². The molecule has 2 aromatic heterocycles. The van der Waals surface area contributed by atoms with Gasteiger partial charge in [0.15, 0.2) is 17.6 Å². The fourth-order valence-electron chi connectivity index (χ4n) is 3.87. The van der Waals surface area contributed by atoms with Crippen LogP contribution in [0.4, 0.5) is 5.69 Å². The third-order valence-corrected chi connectivity index (χ3v) is 7.39. The highest BCUT2D eigenvalue weighted by atomic mass is 35.5. The molecule has 0 aliphatic heterocycles. The van der Waals surface area contributed by atoms with Crippen LogP contribution in [0, 0.1) is 6.92 Å². The van der Waals surface area contributed by atoms with Crippen LogP contribution in [0.15, 0.2) is 82.5 Å². The van der Waals surface area contributed by atoms with Crippen molar-refractivity contribution >= 4 is 38.3 Å². The maximum absolute atomic E-state index is 13.2. The van der Waals surface area contributed by atoms with E-state index in [4.69, 9.17) is 16.3 Å². The number of benzene rings is 3. The standard InChI is InChI=1S/C25H21ClN5O4S/c1-16-24(25(32)31(30(16)2)17-8-4-3-5-9-17)29-36(33,34)18-12-13-20-21(14-18)28-23(27-20)15-35-22-11-7-6-10-19(22)26/h3-14H,15H2,1-2H3,(H,27,28)/q-1/p+1. The second-order valence-corrected chi connectivity index (χ2v) is 10.1. The fourth-order valence-corrected chi connectivity index (χ4v) is 5.12. The molecule has 0 radical (unpaired) electrons. The first-order valence-corrected chi connectivity index (χ1v) is 12.8. The SMILES string of the molecule is Cc1c([N-]S(=O)(=O)c2ccc3[nH+]c(COc4ccccc4Cl)[nH]c3c2)c(=O)n(-c2ccccc2)n1C. The molecule has 0 unspecified atom stereocenters. The van der Waals surface area contributed by atoms with Crippen molar-refractivity contribution in [3.05, 3.63) is 104 Å². The molecule has 9 nitrogen and oxygen atoms in total. The van der Waals surface area contributed by atoms with Crippen LogP contribution >= 0.6 is 11.6 Å². The quantitative estimate of drug-likeness (QED) is 0.340. The van der Waals surface area contributed by atoms with E-state index in [9.17, 15) is 13.2 Å². The largest absolute Gasteiger partial charge is 0.567 e. The smallest absolute Gasteiger partial charge is 0.291 e. The summed E-state index contributed by atoms with van der Waals surface area (Å²) in [5.74, 6) is 1.16. The molecule has 0 aliphatic carbocycles. The summed E-state index contributed by atoms with van der Waals surface area (Å²) in [6.07, 6.45) is 0. The van der Waals surface area contributed by atoms with Gasteiger partial charge in [-0.3, -0.25) is 9.48 Å². The summed E-state index contributed by atoms with van der Waals surface area (Å²) in [6.45, 7) is 1.83. The van der Waals surface area contributed by atoms with E-state index in [1.165, 1.54) is 16.8 Å². The van der Waals surface area contributed by atoms with Crippen LogP contribution in [0.25, 0.3) is 21.4 Å². The Hall–Kier alpha value is -4.02. The van der Waals surface area contributed by atoms with Gasteiger partial charge in [0.05, 0.1) is 15.6 Å². The Kier molecular flexibility index (Phi) is 6.07. The van der Waals surface area contributed by atoms with Crippen LogP contribution in [0.2, 0.25) is 5.02 Å². The second-order valence-electron chi connectivity index (χ2n) is 8.13. The maximum atomic E-state index is 13.2. The molecular weight excluding hydrogens is 502 g/mol. The number of nitrogens with one attached hydrogen (secondary N) is 2. The van der Waals surface area contributed by atoms with Crippen molar-refractivity contribution in [2.24, 2.45) is 7.05 Å². The van der Waals surface area contributed by atoms with Crippen molar-refractivity contribution in [2.75, 3.05) is 0 Å². The zero-order valence-electron chi connectivity index (χ0n) is 19.4. The number of aromatic amines is 2. The Bertz CT molecular complexity index is 1740. The summed E-state index contributed by atoms with van der Waals surface area (Å²) in [6, 6.07) is 20.6. The number of ether oxygens (including phenoxy) is 1. The number of fused-ring (bicyclic) bond motifs is 1. The van der Waals surface area contributed by atoms with Crippen molar-refractivity contribution < 1.29 is 18.1 Å². The summed E-state index contributed by atoms with van der Waals surface area (Å²) in [7, 11) is -2.49. The zero-order chi connectivity index (χ0) is 25.4. The van der Waals surface area contributed by atoms with Gasteiger partial charge in [0.1, 0.15) is 15.8 Å². The molecule has 0 aliphatic rings. The number of sulfonamides is 1. The molecule has 0 saturated heterocycles. The van der Waals surface area contributed by atoms with E-state index >= 15 is 0 Å². The fraction of sp³-hybridized carbons (Fsp3) is 0.120. The first-order valence-electron chi connectivity index (χ1n) is 11.0. The molecule has 184 valence electrons. The summed E-state index contributed by atoms with van der Waals surface area (Å²) in [4.78, 5) is 19.3. The summed E-state index contributed by atoms with van der Waals surface area (Å²) in [5.41, 5.74) is 1.64. The normalized spacial score (nSPS) is 11.6. The van der Waals surface area contributed by atoms with E-state index in [0.717, 1.165) is 0 Å². The van der Waals surface area contributed by atoms with Gasteiger partial charge in [0.25, 0.3) is 11.4 Å². The number of H-pyrrole nitrogens is 2. The average Bonchev–Trinajstić information content (AvgIpc) is 3.37. The lowest BCUT2D eigenvalue weighted by Crippen LogP contribution is -2.19. The first kappa shape index (κ1) is 23.7. The molecule has 0 atom stereocenters. The summed E-state index contributed by atoms with van der Waals surface area (Å²) < 4.78 is 39.0. The Morgan fingerprint density at radius 2 is 1.78 bits per heavy atom. The first-order chi connectivity index (χ1) is 17.2. The van der Waals surface area contributed by atoms with E-state index in [-0.39, 0.29) is 17.2 Å². The van der Waals surface area contributed by atoms with E-state index in [2.05, 4.69) is 14.7 Å². The topological polar surface area (TPSA) is 114 Å². The molecule has 3 aromatic carbocycles. The van der Waals surface area contributed by atoms with Crippen molar-refractivity contribution in [1.82, 2.24) is 14.3 Å². The lowest BCUT2D eigenvalue weighted by atomic mass is 10.3. The van der Waals surface area contributed by atoms with Crippen LogP contribution in [-0.4, -0.2) is 22.8 Å². The second kappa shape index (κ2) is 9.21. The van der Waals surface area contributed by atoms with Gasteiger partial charge in [-0.25, -0.2) is 23.1 Å². The van der Waals surface area contributed by atoms with Crippen LogP contribution in [0.5, 0.6) is 5.75 Å². The van der Waals surface area contributed by atoms with Gasteiger partial charge in [-0.15, -0.1) is 0 Å². The zero-order valence-corrected chi connectivity index (χ0v) is 21.0. The van der Waals surface area contributed by atoms with Gasteiger partial charge in [-0.2, -0.15) is 0 Å². The number of hydrogen-bond donors (Lipinski definition) is 1. The molecular formula is C25H22ClN5O4S. The highest BCUT2D eigenvalue weighted by Gasteiger charge is 2.17. The maximum Gasteiger partial charge on any atom is 0.291 e. The van der Waals surface area contributed by atoms with E-state index < -0.39 is 15.6 Å². The highest BCUT2D eigenvalue weighted by molar-refractivity contribution is 7.94. The van der Waals surface area contributed by atoms with Gasteiger partial charge >= 0.3 is 0 Å². The Balaban J connectivity index is 1.42. The number of nitrogens with zero attached hydrogens (tertiary/aromatic N) is 3. The average molecular weight is 524 g/mol. The van der Waals surface area contributed by atoms with Crippen molar-refractivity contribution in [3.8, 4) is 11.4 Å². The predicted molar refractivity (Wildman–Crippen MR) is 137 cm³/mol. The number of rotatable bonds is 7. The summed E-state index contributed by atoms with van der Waals surface area (Å²) in [5, 5.41) is 0.492. The molecule has 0 spiro atoms. The molecule has 0 saturated carbocycles. The number of hydrogen-bond acceptors (Lipinski definition) is 4. The number of para-hydroxylation sites is 2. The summed E-state index contributed by atoms with van der Waals surface area (Å²) >= 11 is 6.13. The minimum atomic E-state index is -4.17. The van der Waals surface area contributed by atoms with Crippen LogP contribution in [-0.2, 0) is 23.7 Å². The van der Waals surface area contributed by atoms with Gasteiger partial charge in [-0.1, -0.05) is 41.9 Å². The van der Waals surface area contributed by atoms with Gasteiger partial charge in [-0.05, 0) is 49.0 Å².